The Hall–Kier alpha value is -2.95. The number of H-pyrrole nitrogens is 1. The molecule has 0 unspecified atom stereocenters. The predicted octanol–water partition coefficient (Wildman–Crippen LogP) is 4.80. The molecule has 1 aliphatic rings. The first-order valence-corrected chi connectivity index (χ1v) is 11.3. The van der Waals surface area contributed by atoms with Gasteiger partial charge in [-0.3, -0.25) is 0 Å². The van der Waals surface area contributed by atoms with Gasteiger partial charge >= 0.3 is 6.01 Å². The van der Waals surface area contributed by atoms with Crippen molar-refractivity contribution in [3.05, 3.63) is 46.3 Å². The van der Waals surface area contributed by atoms with E-state index in [9.17, 15) is 0 Å². The van der Waals surface area contributed by atoms with Crippen LogP contribution in [0.5, 0.6) is 11.8 Å². The normalized spacial score (nSPS) is 14.8. The fourth-order valence-electron chi connectivity index (χ4n) is 3.61. The second-order valence-electron chi connectivity index (χ2n) is 7.67. The molecule has 4 heterocycles. The third-order valence-corrected chi connectivity index (χ3v) is 6.30. The molecule has 0 aliphatic carbocycles. The minimum atomic E-state index is -0.457. The molecular formula is C21H21ClFN7OS. The molecule has 1 saturated heterocycles. The Morgan fingerprint density at radius 3 is 2.75 bits per heavy atom. The van der Waals surface area contributed by atoms with Crippen molar-refractivity contribution in [1.29, 1.82) is 0 Å². The maximum absolute atomic E-state index is 15.1. The maximum Gasteiger partial charge on any atom is 0.326 e. The standard InChI is InChI=1S/C21H21ClFN7OS/c1-12-9-13-14(25-12)3-4-15(19(13)23)31-20-26-17(27-21-24-11-16(22)32-21)10-18(28-20)30-7-5-29(2)6-8-30/h3-4,9-11,25H,5-8H2,1-2H3,(H,24,26,27,28). The van der Waals surface area contributed by atoms with Gasteiger partial charge in [-0.25, -0.2) is 9.37 Å². The van der Waals surface area contributed by atoms with Gasteiger partial charge in [0.15, 0.2) is 16.7 Å². The van der Waals surface area contributed by atoms with Crippen LogP contribution in [-0.2, 0) is 0 Å². The van der Waals surface area contributed by atoms with E-state index < -0.39 is 5.82 Å². The molecule has 0 radical (unpaired) electrons. The fourth-order valence-corrected chi connectivity index (χ4v) is 4.43. The maximum atomic E-state index is 15.1. The molecule has 0 amide bonds. The third kappa shape index (κ3) is 4.34. The lowest BCUT2D eigenvalue weighted by Gasteiger charge is -2.33. The summed E-state index contributed by atoms with van der Waals surface area (Å²) in [5.74, 6) is 0.804. The molecule has 0 bridgehead atoms. The predicted molar refractivity (Wildman–Crippen MR) is 125 cm³/mol. The highest BCUT2D eigenvalue weighted by Crippen LogP contribution is 2.32. The number of nitrogens with one attached hydrogen (secondary N) is 2. The van der Waals surface area contributed by atoms with E-state index in [0.29, 0.717) is 32.0 Å². The Morgan fingerprint density at radius 1 is 1.19 bits per heavy atom. The average molecular weight is 474 g/mol. The van der Waals surface area contributed by atoms with Crippen molar-refractivity contribution in [2.75, 3.05) is 43.4 Å². The quantitative estimate of drug-likeness (QED) is 0.430. The summed E-state index contributed by atoms with van der Waals surface area (Å²) in [5, 5.41) is 4.20. The Labute approximate surface area is 193 Å². The summed E-state index contributed by atoms with van der Waals surface area (Å²) in [6, 6.07) is 6.99. The van der Waals surface area contributed by atoms with E-state index in [0.717, 1.165) is 31.9 Å². The van der Waals surface area contributed by atoms with Crippen LogP contribution in [0.15, 0.2) is 30.5 Å². The van der Waals surface area contributed by atoms with Crippen molar-refractivity contribution < 1.29 is 9.13 Å². The number of piperazine rings is 1. The van der Waals surface area contributed by atoms with Crippen molar-refractivity contribution >= 4 is 50.6 Å². The van der Waals surface area contributed by atoms with Gasteiger partial charge in [-0.2, -0.15) is 9.97 Å². The van der Waals surface area contributed by atoms with Crippen LogP contribution >= 0.6 is 22.9 Å². The number of aromatic nitrogens is 4. The van der Waals surface area contributed by atoms with E-state index in [4.69, 9.17) is 16.3 Å². The van der Waals surface area contributed by atoms with E-state index in [-0.39, 0.29) is 11.8 Å². The first kappa shape index (κ1) is 20.9. The molecule has 4 aromatic rings. The zero-order valence-corrected chi connectivity index (χ0v) is 19.1. The van der Waals surface area contributed by atoms with Crippen LogP contribution in [0.4, 0.5) is 21.2 Å². The Balaban J connectivity index is 1.49. The Bertz CT molecular complexity index is 1270. The van der Waals surface area contributed by atoms with E-state index in [1.165, 1.54) is 11.3 Å². The van der Waals surface area contributed by atoms with Crippen LogP contribution in [0.25, 0.3) is 10.9 Å². The van der Waals surface area contributed by atoms with Gasteiger partial charge in [0.25, 0.3) is 0 Å². The van der Waals surface area contributed by atoms with Gasteiger partial charge in [-0.1, -0.05) is 22.9 Å². The topological polar surface area (TPSA) is 82.2 Å². The van der Waals surface area contributed by atoms with E-state index in [1.54, 1.807) is 24.4 Å². The molecule has 166 valence electrons. The van der Waals surface area contributed by atoms with Gasteiger partial charge in [0, 0.05) is 48.8 Å². The van der Waals surface area contributed by atoms with E-state index in [1.807, 2.05) is 13.0 Å². The number of likely N-dealkylation sites (N-methyl/N-ethyl adjacent to an activating group) is 1. The lowest BCUT2D eigenvalue weighted by Crippen LogP contribution is -2.44. The number of rotatable bonds is 5. The summed E-state index contributed by atoms with van der Waals surface area (Å²) in [4.78, 5) is 20.8. The number of fused-ring (bicyclic) bond motifs is 1. The van der Waals surface area contributed by atoms with Gasteiger partial charge < -0.3 is 24.8 Å². The summed E-state index contributed by atoms with van der Waals surface area (Å²) < 4.78 is 21.5. The van der Waals surface area contributed by atoms with Crippen molar-refractivity contribution in [2.24, 2.45) is 0 Å². The zero-order valence-electron chi connectivity index (χ0n) is 17.5. The number of aromatic amines is 1. The second-order valence-corrected chi connectivity index (χ2v) is 9.33. The largest absolute Gasteiger partial charge is 0.421 e. The number of halogens is 2. The number of hydrogen-bond acceptors (Lipinski definition) is 8. The molecule has 11 heteroatoms. The van der Waals surface area contributed by atoms with Gasteiger partial charge in [0.1, 0.15) is 16.0 Å². The van der Waals surface area contributed by atoms with Crippen LogP contribution in [0.2, 0.25) is 4.34 Å². The average Bonchev–Trinajstić information content (AvgIpc) is 3.35. The molecule has 32 heavy (non-hydrogen) atoms. The highest BCUT2D eigenvalue weighted by molar-refractivity contribution is 7.19. The van der Waals surface area contributed by atoms with Crippen molar-refractivity contribution in [3.8, 4) is 11.8 Å². The van der Waals surface area contributed by atoms with Crippen LogP contribution in [0.3, 0.4) is 0 Å². The molecular weight excluding hydrogens is 453 g/mol. The van der Waals surface area contributed by atoms with Crippen LogP contribution in [0, 0.1) is 12.7 Å². The second kappa shape index (κ2) is 8.53. The van der Waals surface area contributed by atoms with Crippen molar-refractivity contribution in [3.63, 3.8) is 0 Å². The number of aryl methyl sites for hydroxylation is 1. The molecule has 5 rings (SSSR count). The number of thiazole rings is 1. The first-order valence-electron chi connectivity index (χ1n) is 10.1. The number of benzene rings is 1. The van der Waals surface area contributed by atoms with E-state index in [2.05, 4.69) is 42.1 Å². The monoisotopic (exact) mass is 473 g/mol. The van der Waals surface area contributed by atoms with Gasteiger partial charge in [0.05, 0.1) is 6.20 Å². The number of ether oxygens (including phenoxy) is 1. The molecule has 8 nitrogen and oxygen atoms in total. The summed E-state index contributed by atoms with van der Waals surface area (Å²) >= 11 is 7.30. The summed E-state index contributed by atoms with van der Waals surface area (Å²) in [6.45, 7) is 5.36. The van der Waals surface area contributed by atoms with Crippen molar-refractivity contribution in [1.82, 2.24) is 24.8 Å². The van der Waals surface area contributed by atoms with Crippen molar-refractivity contribution in [2.45, 2.75) is 6.92 Å². The van der Waals surface area contributed by atoms with Crippen LogP contribution in [0.1, 0.15) is 5.69 Å². The molecule has 2 N–H and O–H groups in total. The SMILES string of the molecule is Cc1cc2c(F)c(Oc3nc(Nc4ncc(Cl)s4)cc(N4CCN(C)CC4)n3)ccc2[nH]1. The minimum Gasteiger partial charge on any atom is -0.421 e. The Kier molecular flexibility index (Phi) is 5.58. The molecule has 0 atom stereocenters. The number of anilines is 3. The van der Waals surface area contributed by atoms with Gasteiger partial charge in [-0.15, -0.1) is 0 Å². The summed E-state index contributed by atoms with van der Waals surface area (Å²) in [5.41, 5.74) is 1.58. The number of hydrogen-bond donors (Lipinski definition) is 2. The third-order valence-electron chi connectivity index (χ3n) is 5.27. The molecule has 0 saturated carbocycles. The molecule has 1 aromatic carbocycles. The van der Waals surface area contributed by atoms with Crippen LogP contribution < -0.4 is 15.0 Å². The summed E-state index contributed by atoms with van der Waals surface area (Å²) in [7, 11) is 2.09. The lowest BCUT2D eigenvalue weighted by atomic mass is 10.2. The highest BCUT2D eigenvalue weighted by atomic mass is 35.5. The lowest BCUT2D eigenvalue weighted by molar-refractivity contribution is 0.311. The fraction of sp³-hybridized carbons (Fsp3) is 0.286. The van der Waals surface area contributed by atoms with Gasteiger partial charge in [-0.05, 0) is 32.2 Å². The molecule has 0 spiro atoms. The highest BCUT2D eigenvalue weighted by Gasteiger charge is 2.19. The van der Waals surface area contributed by atoms with E-state index >= 15 is 4.39 Å². The van der Waals surface area contributed by atoms with Gasteiger partial charge in [0.2, 0.25) is 0 Å². The van der Waals surface area contributed by atoms with Crippen LogP contribution in [-0.4, -0.2) is 58.1 Å². The minimum absolute atomic E-state index is 0.0529. The Morgan fingerprint density at radius 2 is 2.00 bits per heavy atom. The number of nitrogens with zero attached hydrogens (tertiary/aromatic N) is 5. The first-order chi connectivity index (χ1) is 15.4. The zero-order chi connectivity index (χ0) is 22.2. The summed E-state index contributed by atoms with van der Waals surface area (Å²) in [6.07, 6.45) is 1.57. The smallest absolute Gasteiger partial charge is 0.326 e. The molecule has 1 fully saturated rings. The molecule has 3 aromatic heterocycles. The molecule has 1 aliphatic heterocycles.